The number of aromatic amines is 1. The van der Waals surface area contributed by atoms with Crippen molar-refractivity contribution in [2.75, 3.05) is 24.5 Å². The first-order valence-corrected chi connectivity index (χ1v) is 7.05. The molecular formula is C15H18N4O2. The summed E-state index contributed by atoms with van der Waals surface area (Å²) in [6.07, 6.45) is 1.49. The molecule has 0 aliphatic carbocycles. The summed E-state index contributed by atoms with van der Waals surface area (Å²) in [5, 5.41) is 3.36. The zero-order valence-electron chi connectivity index (χ0n) is 11.9. The summed E-state index contributed by atoms with van der Waals surface area (Å²) in [6.45, 7) is 5.11. The Morgan fingerprint density at radius 1 is 1.10 bits per heavy atom. The number of H-pyrrole nitrogens is 1. The van der Waals surface area contributed by atoms with Crippen molar-refractivity contribution in [2.45, 2.75) is 13.0 Å². The van der Waals surface area contributed by atoms with Gasteiger partial charge >= 0.3 is 5.69 Å². The summed E-state index contributed by atoms with van der Waals surface area (Å²) in [6, 6.07) is 9.59. The van der Waals surface area contributed by atoms with Crippen molar-refractivity contribution in [3.63, 3.8) is 0 Å². The van der Waals surface area contributed by atoms with Crippen LogP contribution in [0.15, 0.2) is 46.1 Å². The fourth-order valence-electron chi connectivity index (χ4n) is 2.65. The quantitative estimate of drug-likeness (QED) is 0.834. The third kappa shape index (κ3) is 2.75. The molecule has 1 aliphatic heterocycles. The Kier molecular flexibility index (Phi) is 3.62. The van der Waals surface area contributed by atoms with E-state index in [1.165, 1.54) is 16.8 Å². The number of anilines is 1. The molecule has 1 atom stereocenters. The lowest BCUT2D eigenvalue weighted by molar-refractivity contribution is 0.501. The number of hydrogen-bond acceptors (Lipinski definition) is 4. The number of nitrogens with zero attached hydrogens (tertiary/aromatic N) is 2. The van der Waals surface area contributed by atoms with Crippen molar-refractivity contribution in [1.82, 2.24) is 14.9 Å². The molecule has 6 heteroatoms. The summed E-state index contributed by atoms with van der Waals surface area (Å²) in [5.41, 5.74) is 1.07. The lowest BCUT2D eigenvalue weighted by atomic mass is 10.1. The van der Waals surface area contributed by atoms with Crippen molar-refractivity contribution in [2.24, 2.45) is 0 Å². The summed E-state index contributed by atoms with van der Waals surface area (Å²) in [7, 11) is 0. The van der Waals surface area contributed by atoms with Gasteiger partial charge in [0.25, 0.3) is 5.56 Å². The smallest absolute Gasteiger partial charge is 0.332 e. The van der Waals surface area contributed by atoms with Gasteiger partial charge in [0.1, 0.15) is 0 Å². The number of aromatic nitrogens is 2. The van der Waals surface area contributed by atoms with Gasteiger partial charge in [-0.1, -0.05) is 0 Å². The lowest BCUT2D eigenvalue weighted by Crippen LogP contribution is -2.49. The van der Waals surface area contributed by atoms with E-state index in [2.05, 4.69) is 22.1 Å². The molecule has 2 aromatic rings. The fraction of sp³-hybridized carbons (Fsp3) is 0.333. The molecule has 2 heterocycles. The topological polar surface area (TPSA) is 70.1 Å². The first-order valence-electron chi connectivity index (χ1n) is 7.05. The number of rotatable bonds is 2. The second-order valence-corrected chi connectivity index (χ2v) is 5.24. The van der Waals surface area contributed by atoms with Crippen molar-refractivity contribution >= 4 is 5.69 Å². The molecule has 1 aliphatic rings. The van der Waals surface area contributed by atoms with E-state index in [0.717, 1.165) is 31.0 Å². The summed E-state index contributed by atoms with van der Waals surface area (Å²) in [5.74, 6) is 0. The van der Waals surface area contributed by atoms with Crippen molar-refractivity contribution < 1.29 is 0 Å². The molecule has 1 unspecified atom stereocenters. The minimum absolute atomic E-state index is 0.387. The van der Waals surface area contributed by atoms with Crippen molar-refractivity contribution in [3.05, 3.63) is 57.4 Å². The predicted molar refractivity (Wildman–Crippen MR) is 82.3 cm³/mol. The van der Waals surface area contributed by atoms with Crippen LogP contribution >= 0.6 is 0 Å². The molecule has 0 spiro atoms. The van der Waals surface area contributed by atoms with Crippen molar-refractivity contribution in [1.29, 1.82) is 0 Å². The summed E-state index contributed by atoms with van der Waals surface area (Å²) in [4.78, 5) is 27.5. The molecule has 0 saturated carbocycles. The second kappa shape index (κ2) is 5.57. The Hall–Kier alpha value is -2.34. The summed E-state index contributed by atoms with van der Waals surface area (Å²) < 4.78 is 1.42. The highest BCUT2D eigenvalue weighted by Crippen LogP contribution is 2.19. The normalized spacial score (nSPS) is 18.7. The SMILES string of the molecule is CC1CNCCN1c1ccc(-n2ccc(=O)[nH]c2=O)cc1. The van der Waals surface area contributed by atoms with E-state index >= 15 is 0 Å². The van der Waals surface area contributed by atoms with Gasteiger partial charge in [0.15, 0.2) is 0 Å². The molecular weight excluding hydrogens is 268 g/mol. The van der Waals surface area contributed by atoms with Gasteiger partial charge in [0, 0.05) is 43.6 Å². The molecule has 0 amide bonds. The second-order valence-electron chi connectivity index (χ2n) is 5.24. The van der Waals surface area contributed by atoms with E-state index in [0.29, 0.717) is 6.04 Å². The Balaban J connectivity index is 1.90. The van der Waals surface area contributed by atoms with Gasteiger partial charge in [0.2, 0.25) is 0 Å². The van der Waals surface area contributed by atoms with E-state index in [1.54, 1.807) is 0 Å². The number of nitrogens with one attached hydrogen (secondary N) is 2. The number of benzene rings is 1. The van der Waals surface area contributed by atoms with Crippen LogP contribution < -0.4 is 21.5 Å². The molecule has 110 valence electrons. The zero-order chi connectivity index (χ0) is 14.8. The number of hydrogen-bond donors (Lipinski definition) is 2. The average Bonchev–Trinajstić information content (AvgIpc) is 2.48. The van der Waals surface area contributed by atoms with Gasteiger partial charge in [-0.25, -0.2) is 4.79 Å². The Morgan fingerprint density at radius 3 is 2.48 bits per heavy atom. The van der Waals surface area contributed by atoms with Gasteiger partial charge in [-0.3, -0.25) is 14.3 Å². The highest BCUT2D eigenvalue weighted by atomic mass is 16.2. The van der Waals surface area contributed by atoms with E-state index < -0.39 is 5.69 Å². The van der Waals surface area contributed by atoms with Crippen LogP contribution in [0.4, 0.5) is 5.69 Å². The highest BCUT2D eigenvalue weighted by Gasteiger charge is 2.17. The van der Waals surface area contributed by atoms with E-state index in [9.17, 15) is 9.59 Å². The Labute approximate surface area is 122 Å². The van der Waals surface area contributed by atoms with Crippen LogP contribution in [0.2, 0.25) is 0 Å². The highest BCUT2D eigenvalue weighted by molar-refractivity contribution is 5.52. The molecule has 3 rings (SSSR count). The lowest BCUT2D eigenvalue weighted by Gasteiger charge is -2.36. The monoisotopic (exact) mass is 286 g/mol. The first-order chi connectivity index (χ1) is 10.1. The Bertz CT molecular complexity index is 732. The minimum Gasteiger partial charge on any atom is -0.366 e. The van der Waals surface area contributed by atoms with Gasteiger partial charge in [-0.15, -0.1) is 0 Å². The minimum atomic E-state index is -0.425. The summed E-state index contributed by atoms with van der Waals surface area (Å²) >= 11 is 0. The van der Waals surface area contributed by atoms with Gasteiger partial charge in [0.05, 0.1) is 5.69 Å². The van der Waals surface area contributed by atoms with E-state index in [-0.39, 0.29) is 5.56 Å². The van der Waals surface area contributed by atoms with Crippen LogP contribution in [-0.2, 0) is 0 Å². The molecule has 0 bridgehead atoms. The maximum absolute atomic E-state index is 11.8. The van der Waals surface area contributed by atoms with Crippen LogP contribution in [0.25, 0.3) is 5.69 Å². The van der Waals surface area contributed by atoms with Crippen LogP contribution in [0.1, 0.15) is 6.92 Å². The zero-order valence-corrected chi connectivity index (χ0v) is 11.9. The van der Waals surface area contributed by atoms with Crippen molar-refractivity contribution in [3.8, 4) is 5.69 Å². The molecule has 1 aromatic carbocycles. The Morgan fingerprint density at radius 2 is 1.81 bits per heavy atom. The van der Waals surface area contributed by atoms with Crippen LogP contribution in [-0.4, -0.2) is 35.2 Å². The molecule has 1 saturated heterocycles. The first kappa shape index (κ1) is 13.6. The maximum atomic E-state index is 11.8. The maximum Gasteiger partial charge on any atom is 0.332 e. The molecule has 1 fully saturated rings. The van der Waals surface area contributed by atoms with Gasteiger partial charge in [-0.2, -0.15) is 0 Å². The average molecular weight is 286 g/mol. The molecule has 2 N–H and O–H groups in total. The standard InChI is InChI=1S/C15H18N4O2/c1-11-10-16-7-9-18(11)12-2-4-13(5-3-12)19-8-6-14(20)17-15(19)21/h2-6,8,11,16H,7,9-10H2,1H3,(H,17,20,21). The molecule has 0 radical (unpaired) electrons. The van der Waals surface area contributed by atoms with Gasteiger partial charge < -0.3 is 10.2 Å². The number of piperazine rings is 1. The molecule has 1 aromatic heterocycles. The fourth-order valence-corrected chi connectivity index (χ4v) is 2.65. The third-order valence-corrected chi connectivity index (χ3v) is 3.78. The van der Waals surface area contributed by atoms with Crippen LogP contribution in [0.5, 0.6) is 0 Å². The van der Waals surface area contributed by atoms with E-state index in [4.69, 9.17) is 0 Å². The van der Waals surface area contributed by atoms with Crippen LogP contribution in [0.3, 0.4) is 0 Å². The van der Waals surface area contributed by atoms with E-state index in [1.807, 2.05) is 24.3 Å². The van der Waals surface area contributed by atoms with Crippen LogP contribution in [0, 0.1) is 0 Å². The third-order valence-electron chi connectivity index (χ3n) is 3.78. The molecule has 6 nitrogen and oxygen atoms in total. The predicted octanol–water partition coefficient (Wildman–Crippen LogP) is 0.324. The molecule has 21 heavy (non-hydrogen) atoms. The largest absolute Gasteiger partial charge is 0.366 e. The van der Waals surface area contributed by atoms with Gasteiger partial charge in [-0.05, 0) is 31.2 Å².